The molecule has 8 heteroatoms. The number of benzene rings is 3. The standard InChI is InChI=1S/C34H32INO6/c1-2-41-29-17-22(16-24(35)34(29)42-19-21-10-5-9-20-8-3-4-11-23(20)21)31-32-25(12-6-14-27(32)37)36(18-30(39)40)26-13-7-15-28(38)33(26)31/h3-5,8-11,16-17,31H,2,6-7,12-15,18-19H2,1H3,(H,39,40). The zero-order chi connectivity index (χ0) is 29.4. The van der Waals surface area contributed by atoms with Crippen molar-refractivity contribution >= 4 is 50.9 Å². The monoisotopic (exact) mass is 677 g/mol. The molecule has 0 aromatic heterocycles. The van der Waals surface area contributed by atoms with Gasteiger partial charge in [0.25, 0.3) is 0 Å². The Labute approximate surface area is 258 Å². The van der Waals surface area contributed by atoms with Crippen LogP contribution in [0.3, 0.4) is 0 Å². The van der Waals surface area contributed by atoms with Crippen LogP contribution in [0.1, 0.15) is 62.5 Å². The van der Waals surface area contributed by atoms with Crippen molar-refractivity contribution in [1.29, 1.82) is 0 Å². The van der Waals surface area contributed by atoms with Crippen molar-refractivity contribution in [3.8, 4) is 11.5 Å². The summed E-state index contributed by atoms with van der Waals surface area (Å²) in [5.41, 5.74) is 4.46. The van der Waals surface area contributed by atoms with E-state index in [1.807, 2.05) is 37.3 Å². The van der Waals surface area contributed by atoms with Crippen LogP contribution < -0.4 is 9.47 Å². The van der Waals surface area contributed by atoms with E-state index in [9.17, 15) is 19.5 Å². The number of hydrogen-bond donors (Lipinski definition) is 1. The lowest BCUT2D eigenvalue weighted by molar-refractivity contribution is -0.138. The molecule has 7 nitrogen and oxygen atoms in total. The summed E-state index contributed by atoms with van der Waals surface area (Å²) in [5, 5.41) is 12.0. The molecule has 0 atom stereocenters. The van der Waals surface area contributed by atoms with Crippen molar-refractivity contribution in [2.24, 2.45) is 0 Å². The number of halogens is 1. The second-order valence-electron chi connectivity index (χ2n) is 10.9. The van der Waals surface area contributed by atoms with Crippen molar-refractivity contribution in [3.05, 3.63) is 91.8 Å². The summed E-state index contributed by atoms with van der Waals surface area (Å²) in [6.45, 7) is 2.43. The predicted molar refractivity (Wildman–Crippen MR) is 167 cm³/mol. The van der Waals surface area contributed by atoms with E-state index in [2.05, 4.69) is 46.9 Å². The Bertz CT molecular complexity index is 1620. The Hall–Kier alpha value is -3.66. The van der Waals surface area contributed by atoms with Crippen LogP contribution in [-0.4, -0.2) is 40.7 Å². The third-order valence-corrected chi connectivity index (χ3v) is 9.10. The van der Waals surface area contributed by atoms with E-state index in [1.165, 1.54) is 0 Å². The average molecular weight is 678 g/mol. The number of hydrogen-bond acceptors (Lipinski definition) is 6. The molecule has 0 saturated heterocycles. The van der Waals surface area contributed by atoms with Gasteiger partial charge in [0.1, 0.15) is 13.2 Å². The van der Waals surface area contributed by atoms with E-state index in [4.69, 9.17) is 9.47 Å². The van der Waals surface area contributed by atoms with E-state index >= 15 is 0 Å². The molecule has 0 bridgehead atoms. The zero-order valence-electron chi connectivity index (χ0n) is 23.5. The number of aliphatic carboxylic acids is 1. The highest BCUT2D eigenvalue weighted by atomic mass is 127. The van der Waals surface area contributed by atoms with Gasteiger partial charge in [0.15, 0.2) is 23.1 Å². The van der Waals surface area contributed by atoms with Gasteiger partial charge in [0.2, 0.25) is 0 Å². The average Bonchev–Trinajstić information content (AvgIpc) is 2.97. The molecule has 3 aliphatic rings. The predicted octanol–water partition coefficient (Wildman–Crippen LogP) is 6.92. The molecule has 216 valence electrons. The first-order chi connectivity index (χ1) is 20.4. The molecule has 6 rings (SSSR count). The highest BCUT2D eigenvalue weighted by Crippen LogP contribution is 2.50. The number of fused-ring (bicyclic) bond motifs is 1. The molecular formula is C34H32INO6. The maximum atomic E-state index is 13.5. The van der Waals surface area contributed by atoms with Crippen molar-refractivity contribution in [1.82, 2.24) is 4.90 Å². The molecule has 1 N–H and O–H groups in total. The first kappa shape index (κ1) is 28.5. The number of carboxylic acid groups (broad SMARTS) is 1. The Morgan fingerprint density at radius 2 is 1.60 bits per heavy atom. The molecule has 1 heterocycles. The molecule has 3 aromatic carbocycles. The van der Waals surface area contributed by atoms with Crippen LogP contribution in [0.15, 0.2) is 77.1 Å². The normalized spacial score (nSPS) is 17.4. The van der Waals surface area contributed by atoms with Crippen LogP contribution in [0, 0.1) is 3.57 Å². The molecule has 0 radical (unpaired) electrons. The largest absolute Gasteiger partial charge is 0.490 e. The van der Waals surface area contributed by atoms with E-state index < -0.39 is 11.9 Å². The first-order valence-corrected chi connectivity index (χ1v) is 15.5. The number of allylic oxidation sites excluding steroid dienone is 4. The fraction of sp³-hybridized carbons (Fsp3) is 0.324. The fourth-order valence-electron chi connectivity index (χ4n) is 6.60. The van der Waals surface area contributed by atoms with Gasteiger partial charge in [0.05, 0.1) is 10.2 Å². The van der Waals surface area contributed by atoms with E-state index in [0.717, 1.165) is 36.9 Å². The summed E-state index contributed by atoms with van der Waals surface area (Å²) in [4.78, 5) is 40.7. The SMILES string of the molecule is CCOc1cc(C2C3=C(CCCC3=O)N(CC(=O)O)C3=C2C(=O)CCC3)cc(I)c1OCc1cccc2ccccc12. The molecule has 42 heavy (non-hydrogen) atoms. The van der Waals surface area contributed by atoms with Gasteiger partial charge in [-0.2, -0.15) is 0 Å². The topological polar surface area (TPSA) is 93.1 Å². The number of ether oxygens (including phenoxy) is 2. The molecule has 2 aliphatic carbocycles. The Kier molecular flexibility index (Phi) is 8.07. The van der Waals surface area contributed by atoms with Crippen LogP contribution in [0.25, 0.3) is 10.8 Å². The second-order valence-corrected chi connectivity index (χ2v) is 12.0. The molecule has 0 fully saturated rings. The number of carboxylic acids is 1. The van der Waals surface area contributed by atoms with Gasteiger partial charge in [0, 0.05) is 41.3 Å². The molecule has 0 amide bonds. The number of carbonyl (C=O) groups excluding carboxylic acids is 2. The second kappa shape index (κ2) is 11.9. The lowest BCUT2D eigenvalue weighted by Crippen LogP contribution is -2.41. The van der Waals surface area contributed by atoms with Crippen LogP contribution in [-0.2, 0) is 21.0 Å². The van der Waals surface area contributed by atoms with Gasteiger partial charge < -0.3 is 19.5 Å². The number of nitrogens with zero attached hydrogens (tertiary/aromatic N) is 1. The van der Waals surface area contributed by atoms with Gasteiger partial charge in [-0.3, -0.25) is 14.4 Å². The third-order valence-electron chi connectivity index (χ3n) is 8.30. The Balaban J connectivity index is 1.44. The van der Waals surface area contributed by atoms with Crippen LogP contribution in [0.2, 0.25) is 0 Å². The Morgan fingerprint density at radius 3 is 2.26 bits per heavy atom. The summed E-state index contributed by atoms with van der Waals surface area (Å²) in [6.07, 6.45) is 3.32. The number of ketones is 2. The van der Waals surface area contributed by atoms with Gasteiger partial charge in [-0.05, 0) is 89.2 Å². The van der Waals surface area contributed by atoms with Crippen LogP contribution >= 0.6 is 22.6 Å². The maximum absolute atomic E-state index is 13.5. The molecule has 0 spiro atoms. The molecule has 3 aromatic rings. The quantitative estimate of drug-likeness (QED) is 0.259. The van der Waals surface area contributed by atoms with Crippen molar-refractivity contribution in [2.45, 2.75) is 58.0 Å². The fourth-order valence-corrected chi connectivity index (χ4v) is 7.38. The summed E-state index contributed by atoms with van der Waals surface area (Å²) in [7, 11) is 0. The minimum atomic E-state index is -0.982. The highest BCUT2D eigenvalue weighted by Gasteiger charge is 2.44. The summed E-state index contributed by atoms with van der Waals surface area (Å²) in [6, 6.07) is 18.2. The maximum Gasteiger partial charge on any atom is 0.323 e. The van der Waals surface area contributed by atoms with Crippen molar-refractivity contribution < 1.29 is 29.0 Å². The van der Waals surface area contributed by atoms with E-state index in [0.29, 0.717) is 74.4 Å². The molecule has 0 unspecified atom stereocenters. The van der Waals surface area contributed by atoms with Crippen molar-refractivity contribution in [2.75, 3.05) is 13.2 Å². The molecular weight excluding hydrogens is 645 g/mol. The molecule has 1 aliphatic heterocycles. The van der Waals surface area contributed by atoms with Gasteiger partial charge in [-0.15, -0.1) is 0 Å². The zero-order valence-corrected chi connectivity index (χ0v) is 25.6. The van der Waals surface area contributed by atoms with E-state index in [-0.39, 0.29) is 18.1 Å². The summed E-state index contributed by atoms with van der Waals surface area (Å²) in [5.74, 6) is -0.407. The lowest BCUT2D eigenvalue weighted by atomic mass is 9.71. The third kappa shape index (κ3) is 5.21. The summed E-state index contributed by atoms with van der Waals surface area (Å²) < 4.78 is 13.3. The number of Topliss-reactive ketones (excluding diaryl/α,β-unsaturated/α-hetero) is 2. The lowest BCUT2D eigenvalue weighted by Gasteiger charge is -2.43. The van der Waals surface area contributed by atoms with Gasteiger partial charge in [-0.1, -0.05) is 42.5 Å². The van der Waals surface area contributed by atoms with Gasteiger partial charge in [-0.25, -0.2) is 0 Å². The van der Waals surface area contributed by atoms with Crippen LogP contribution in [0.4, 0.5) is 0 Å². The van der Waals surface area contributed by atoms with Crippen LogP contribution in [0.5, 0.6) is 11.5 Å². The first-order valence-electron chi connectivity index (χ1n) is 14.4. The van der Waals surface area contributed by atoms with Crippen molar-refractivity contribution in [3.63, 3.8) is 0 Å². The number of carbonyl (C=O) groups is 3. The molecule has 0 saturated carbocycles. The van der Waals surface area contributed by atoms with E-state index in [1.54, 1.807) is 4.90 Å². The highest BCUT2D eigenvalue weighted by molar-refractivity contribution is 14.1. The summed E-state index contributed by atoms with van der Waals surface area (Å²) >= 11 is 2.24. The Morgan fingerprint density at radius 1 is 0.929 bits per heavy atom. The minimum Gasteiger partial charge on any atom is -0.490 e. The number of rotatable bonds is 8. The van der Waals surface area contributed by atoms with Gasteiger partial charge >= 0.3 is 5.97 Å². The smallest absolute Gasteiger partial charge is 0.323 e. The minimum absolute atomic E-state index is 0.0224.